The van der Waals surface area contributed by atoms with Gasteiger partial charge in [0, 0.05) is 0 Å². The van der Waals surface area contributed by atoms with Crippen molar-refractivity contribution >= 4 is 0 Å². The molecule has 3 rings (SSSR count). The van der Waals surface area contributed by atoms with Crippen molar-refractivity contribution in [2.24, 2.45) is 0 Å². The molecular weight excluding hydrogens is 244 g/mol. The monoisotopic (exact) mass is 266 g/mol. The molecule has 1 N–H and O–H groups in total. The third-order valence-electron chi connectivity index (χ3n) is 4.54. The van der Waals surface area contributed by atoms with E-state index in [0.717, 1.165) is 43.2 Å². The number of aryl methyl sites for hydroxylation is 2. The molecule has 104 valence electrons. The summed E-state index contributed by atoms with van der Waals surface area (Å²) < 4.78 is 0. The molecule has 20 heavy (non-hydrogen) atoms. The van der Waals surface area contributed by atoms with Crippen LogP contribution in [0.15, 0.2) is 48.5 Å². The van der Waals surface area contributed by atoms with Gasteiger partial charge in [-0.25, -0.2) is 0 Å². The minimum absolute atomic E-state index is 0.815. The largest absolute Gasteiger partial charge is 0.380 e. The number of hydrogen-bond acceptors (Lipinski definition) is 1. The molecule has 2 aromatic carbocycles. The number of fused-ring (bicyclic) bond motifs is 1. The van der Waals surface area contributed by atoms with Crippen LogP contribution in [-0.4, -0.2) is 5.11 Å². The van der Waals surface area contributed by atoms with Crippen LogP contribution in [0.1, 0.15) is 48.4 Å². The Morgan fingerprint density at radius 1 is 1.00 bits per heavy atom. The Labute approximate surface area is 121 Å². The van der Waals surface area contributed by atoms with Gasteiger partial charge in [0.05, 0.1) is 0 Å². The third-order valence-corrected chi connectivity index (χ3v) is 4.54. The Bertz CT molecular complexity index is 585. The van der Waals surface area contributed by atoms with Crippen LogP contribution < -0.4 is 0 Å². The van der Waals surface area contributed by atoms with Gasteiger partial charge in [-0.05, 0) is 54.4 Å². The van der Waals surface area contributed by atoms with Crippen LogP contribution in [0.25, 0.3) is 0 Å². The van der Waals surface area contributed by atoms with E-state index in [-0.39, 0.29) is 0 Å². The fourth-order valence-electron chi connectivity index (χ4n) is 3.29. The van der Waals surface area contributed by atoms with Gasteiger partial charge in [0.2, 0.25) is 0 Å². The van der Waals surface area contributed by atoms with Crippen LogP contribution in [0.2, 0.25) is 0 Å². The molecular formula is C19H22O. The van der Waals surface area contributed by atoms with Gasteiger partial charge in [-0.2, -0.15) is 0 Å². The van der Waals surface area contributed by atoms with Crippen molar-refractivity contribution in [1.29, 1.82) is 0 Å². The third kappa shape index (κ3) is 2.27. The molecule has 1 heteroatoms. The summed E-state index contributed by atoms with van der Waals surface area (Å²) in [6.45, 7) is 2.16. The second-order valence-corrected chi connectivity index (χ2v) is 5.78. The van der Waals surface area contributed by atoms with E-state index in [4.69, 9.17) is 0 Å². The smallest absolute Gasteiger partial charge is 0.115 e. The first kappa shape index (κ1) is 13.4. The van der Waals surface area contributed by atoms with E-state index in [1.807, 2.05) is 6.07 Å². The van der Waals surface area contributed by atoms with Crippen molar-refractivity contribution < 1.29 is 5.11 Å². The van der Waals surface area contributed by atoms with E-state index < -0.39 is 5.60 Å². The van der Waals surface area contributed by atoms with Gasteiger partial charge in [0.1, 0.15) is 5.60 Å². The van der Waals surface area contributed by atoms with E-state index in [0.29, 0.717) is 0 Å². The summed E-state index contributed by atoms with van der Waals surface area (Å²) in [5.74, 6) is 0. The Morgan fingerprint density at radius 3 is 2.50 bits per heavy atom. The van der Waals surface area contributed by atoms with Crippen LogP contribution in [0, 0.1) is 0 Å². The number of hydrogen-bond donors (Lipinski definition) is 1. The molecule has 1 aliphatic rings. The van der Waals surface area contributed by atoms with Crippen molar-refractivity contribution in [3.8, 4) is 0 Å². The molecule has 0 fully saturated rings. The molecule has 0 aromatic heterocycles. The van der Waals surface area contributed by atoms with Crippen molar-refractivity contribution in [1.82, 2.24) is 0 Å². The highest BCUT2D eigenvalue weighted by Crippen LogP contribution is 2.39. The van der Waals surface area contributed by atoms with Gasteiger partial charge in [0.15, 0.2) is 0 Å². The molecule has 0 bridgehead atoms. The highest BCUT2D eigenvalue weighted by Gasteiger charge is 2.34. The van der Waals surface area contributed by atoms with Gasteiger partial charge in [0.25, 0.3) is 0 Å². The van der Waals surface area contributed by atoms with Crippen LogP contribution >= 0.6 is 0 Å². The minimum atomic E-state index is -0.820. The summed E-state index contributed by atoms with van der Waals surface area (Å²) in [7, 11) is 0. The lowest BCUT2D eigenvalue weighted by Gasteiger charge is -2.29. The Balaban J connectivity index is 2.09. The summed E-state index contributed by atoms with van der Waals surface area (Å²) in [6, 6.07) is 16.8. The number of aliphatic hydroxyl groups is 1. The molecule has 0 saturated carbocycles. The minimum Gasteiger partial charge on any atom is -0.380 e. The molecule has 1 unspecified atom stereocenters. The zero-order valence-corrected chi connectivity index (χ0v) is 12.1. The lowest BCUT2D eigenvalue weighted by Crippen LogP contribution is -2.27. The second kappa shape index (κ2) is 5.41. The van der Waals surface area contributed by atoms with Crippen LogP contribution in [0.3, 0.4) is 0 Å². The molecule has 1 aliphatic carbocycles. The van der Waals surface area contributed by atoms with E-state index in [1.54, 1.807) is 0 Å². The summed E-state index contributed by atoms with van der Waals surface area (Å²) in [4.78, 5) is 0. The molecule has 0 heterocycles. The predicted molar refractivity (Wildman–Crippen MR) is 82.8 cm³/mol. The fraction of sp³-hybridized carbons (Fsp3) is 0.368. The van der Waals surface area contributed by atoms with Crippen molar-refractivity contribution in [3.05, 3.63) is 70.8 Å². The summed E-state index contributed by atoms with van der Waals surface area (Å²) in [5.41, 5.74) is 3.93. The Kier molecular flexibility index (Phi) is 3.62. The Hall–Kier alpha value is -1.60. The van der Waals surface area contributed by atoms with E-state index >= 15 is 0 Å². The summed E-state index contributed by atoms with van der Waals surface area (Å²) in [6.07, 6.45) is 5.16. The predicted octanol–water partition coefficient (Wildman–Crippen LogP) is 4.21. The maximum absolute atomic E-state index is 11.3. The van der Waals surface area contributed by atoms with E-state index in [1.165, 1.54) is 11.1 Å². The van der Waals surface area contributed by atoms with Crippen molar-refractivity contribution in [2.45, 2.75) is 44.6 Å². The highest BCUT2D eigenvalue weighted by atomic mass is 16.3. The second-order valence-electron chi connectivity index (χ2n) is 5.78. The first-order chi connectivity index (χ1) is 9.74. The van der Waals surface area contributed by atoms with Gasteiger partial charge >= 0.3 is 0 Å². The molecule has 1 nitrogen and oxygen atoms in total. The average molecular weight is 266 g/mol. The van der Waals surface area contributed by atoms with Crippen LogP contribution in [0.4, 0.5) is 0 Å². The van der Waals surface area contributed by atoms with E-state index in [9.17, 15) is 5.11 Å². The van der Waals surface area contributed by atoms with Crippen LogP contribution in [-0.2, 0) is 18.4 Å². The van der Waals surface area contributed by atoms with Crippen molar-refractivity contribution in [2.75, 3.05) is 0 Å². The quantitative estimate of drug-likeness (QED) is 0.807. The molecule has 1 atom stereocenters. The van der Waals surface area contributed by atoms with Gasteiger partial charge in [-0.1, -0.05) is 55.5 Å². The van der Waals surface area contributed by atoms with Crippen molar-refractivity contribution in [3.63, 3.8) is 0 Å². The van der Waals surface area contributed by atoms with Gasteiger partial charge in [-0.15, -0.1) is 0 Å². The first-order valence-corrected chi connectivity index (χ1v) is 7.64. The first-order valence-electron chi connectivity index (χ1n) is 7.64. The lowest BCUT2D eigenvalue weighted by molar-refractivity contribution is 0.0704. The number of benzene rings is 2. The summed E-state index contributed by atoms with van der Waals surface area (Å²) in [5, 5.41) is 11.3. The SMILES string of the molecule is CCc1ccc(C2(O)CCCCc3ccccc32)cc1. The van der Waals surface area contributed by atoms with E-state index in [2.05, 4.69) is 49.4 Å². The lowest BCUT2D eigenvalue weighted by atomic mass is 9.81. The zero-order chi connectivity index (χ0) is 14.0. The summed E-state index contributed by atoms with van der Waals surface area (Å²) >= 11 is 0. The number of rotatable bonds is 2. The molecule has 0 spiro atoms. The normalized spacial score (nSPS) is 22.1. The maximum Gasteiger partial charge on any atom is 0.115 e. The highest BCUT2D eigenvalue weighted by molar-refractivity contribution is 5.42. The van der Waals surface area contributed by atoms with Crippen LogP contribution in [0.5, 0.6) is 0 Å². The molecule has 0 aliphatic heterocycles. The van der Waals surface area contributed by atoms with Gasteiger partial charge in [-0.3, -0.25) is 0 Å². The topological polar surface area (TPSA) is 20.2 Å². The molecule has 2 aromatic rings. The molecule has 0 radical (unpaired) electrons. The zero-order valence-electron chi connectivity index (χ0n) is 12.1. The average Bonchev–Trinajstić information content (AvgIpc) is 2.68. The standard InChI is InChI=1S/C19H22O/c1-2-15-10-12-17(13-11-15)19(20)14-6-5-8-16-7-3-4-9-18(16)19/h3-4,7,9-13,20H,2,5-6,8,14H2,1H3. The maximum atomic E-state index is 11.3. The molecule has 0 amide bonds. The Morgan fingerprint density at radius 2 is 1.75 bits per heavy atom. The molecule has 0 saturated heterocycles. The van der Waals surface area contributed by atoms with Gasteiger partial charge < -0.3 is 5.11 Å². The fourth-order valence-corrected chi connectivity index (χ4v) is 3.29.